The van der Waals surface area contributed by atoms with Crippen LogP contribution in [0.3, 0.4) is 0 Å². The molecule has 2 atom stereocenters. The zero-order valence-electron chi connectivity index (χ0n) is 9.55. The lowest BCUT2D eigenvalue weighted by Gasteiger charge is -2.00. The molecule has 2 unspecified atom stereocenters. The topological polar surface area (TPSA) is 63.0 Å². The first-order chi connectivity index (χ1) is 8.33. The van der Waals surface area contributed by atoms with E-state index in [9.17, 15) is 0 Å². The minimum absolute atomic E-state index is 0.106. The molecule has 2 N–H and O–H groups in total. The van der Waals surface area contributed by atoms with Crippen molar-refractivity contribution in [2.45, 2.75) is 25.4 Å². The highest BCUT2D eigenvalue weighted by molar-refractivity contribution is 5.53. The summed E-state index contributed by atoms with van der Waals surface area (Å²) in [5, 5.41) is 4.00. The Morgan fingerprint density at radius 2 is 2.06 bits per heavy atom. The maximum absolute atomic E-state index is 5.29. The van der Waals surface area contributed by atoms with Gasteiger partial charge in [0.15, 0.2) is 0 Å². The maximum atomic E-state index is 5.29. The van der Waals surface area contributed by atoms with Crippen LogP contribution in [0.4, 0.5) is 0 Å². The van der Waals surface area contributed by atoms with E-state index in [-0.39, 0.29) is 6.04 Å². The number of hydrogen-bond acceptors (Lipinski definition) is 5. The van der Waals surface area contributed by atoms with Crippen molar-refractivity contribution in [1.29, 1.82) is 0 Å². The van der Waals surface area contributed by atoms with Crippen LogP contribution >= 0.6 is 0 Å². The van der Waals surface area contributed by atoms with E-state index in [4.69, 9.17) is 4.52 Å². The van der Waals surface area contributed by atoms with Crippen LogP contribution in [0.15, 0.2) is 34.9 Å². The molecule has 1 aromatic carbocycles. The summed E-state index contributed by atoms with van der Waals surface area (Å²) in [6.45, 7) is 2.11. The third-order valence-electron chi connectivity index (χ3n) is 2.87. The van der Waals surface area contributed by atoms with Crippen molar-refractivity contribution in [2.75, 3.05) is 0 Å². The van der Waals surface area contributed by atoms with Crippen molar-refractivity contribution in [3.63, 3.8) is 0 Å². The molecule has 17 heavy (non-hydrogen) atoms. The van der Waals surface area contributed by atoms with Crippen molar-refractivity contribution in [1.82, 2.24) is 21.0 Å². The van der Waals surface area contributed by atoms with Crippen LogP contribution in [-0.4, -0.2) is 16.2 Å². The number of nitrogens with one attached hydrogen (secondary N) is 2. The highest BCUT2D eigenvalue weighted by atomic mass is 16.5. The number of hydrogen-bond donors (Lipinski definition) is 2. The third-order valence-corrected chi connectivity index (χ3v) is 2.87. The van der Waals surface area contributed by atoms with Crippen LogP contribution in [0.2, 0.25) is 0 Å². The van der Waals surface area contributed by atoms with Gasteiger partial charge in [0.25, 0.3) is 0 Å². The Morgan fingerprint density at radius 1 is 1.24 bits per heavy atom. The summed E-state index contributed by atoms with van der Waals surface area (Å²) in [6, 6.07) is 10.4. The Labute approximate surface area is 99.2 Å². The average Bonchev–Trinajstić information content (AvgIpc) is 2.98. The van der Waals surface area contributed by atoms with Gasteiger partial charge in [0.05, 0.1) is 0 Å². The SMILES string of the molecule is CC1CC(c2nc(-c3ccccc3)no2)NN1. The highest BCUT2D eigenvalue weighted by Crippen LogP contribution is 2.23. The minimum Gasteiger partial charge on any atom is -0.337 e. The van der Waals surface area contributed by atoms with E-state index in [1.165, 1.54) is 0 Å². The molecule has 1 fully saturated rings. The first kappa shape index (κ1) is 10.4. The lowest BCUT2D eigenvalue weighted by molar-refractivity contribution is 0.340. The molecule has 2 heterocycles. The fourth-order valence-electron chi connectivity index (χ4n) is 1.96. The normalized spacial score (nSPS) is 24.1. The third kappa shape index (κ3) is 2.07. The van der Waals surface area contributed by atoms with Gasteiger partial charge in [-0.3, -0.25) is 5.43 Å². The quantitative estimate of drug-likeness (QED) is 0.821. The number of nitrogens with zero attached hydrogens (tertiary/aromatic N) is 2. The lowest BCUT2D eigenvalue weighted by atomic mass is 10.1. The Hall–Kier alpha value is -1.72. The first-order valence-corrected chi connectivity index (χ1v) is 5.73. The minimum atomic E-state index is 0.106. The van der Waals surface area contributed by atoms with Gasteiger partial charge in [0.1, 0.15) is 6.04 Å². The van der Waals surface area contributed by atoms with Gasteiger partial charge in [0.2, 0.25) is 11.7 Å². The zero-order valence-corrected chi connectivity index (χ0v) is 9.55. The van der Waals surface area contributed by atoms with Gasteiger partial charge in [-0.15, -0.1) is 0 Å². The summed E-state index contributed by atoms with van der Waals surface area (Å²) in [4.78, 5) is 4.42. The summed E-state index contributed by atoms with van der Waals surface area (Å²) in [6.07, 6.45) is 0.955. The molecule has 88 valence electrons. The molecule has 1 saturated heterocycles. The molecular formula is C12H14N4O. The zero-order chi connectivity index (χ0) is 11.7. The van der Waals surface area contributed by atoms with E-state index >= 15 is 0 Å². The second kappa shape index (κ2) is 4.27. The molecule has 0 aliphatic carbocycles. The molecule has 0 saturated carbocycles. The predicted octanol–water partition coefficient (Wildman–Crippen LogP) is 1.66. The van der Waals surface area contributed by atoms with Gasteiger partial charge in [0, 0.05) is 11.6 Å². The Kier molecular flexibility index (Phi) is 2.62. The van der Waals surface area contributed by atoms with E-state index in [0.29, 0.717) is 17.8 Å². The Balaban J connectivity index is 1.84. The molecular weight excluding hydrogens is 216 g/mol. The highest BCUT2D eigenvalue weighted by Gasteiger charge is 2.26. The van der Waals surface area contributed by atoms with Crippen LogP contribution in [-0.2, 0) is 0 Å². The number of benzene rings is 1. The van der Waals surface area contributed by atoms with Crippen LogP contribution in [0.1, 0.15) is 25.3 Å². The van der Waals surface area contributed by atoms with Gasteiger partial charge < -0.3 is 4.52 Å². The van der Waals surface area contributed by atoms with E-state index in [1.807, 2.05) is 30.3 Å². The second-order valence-corrected chi connectivity index (χ2v) is 4.30. The summed E-state index contributed by atoms with van der Waals surface area (Å²) in [5.41, 5.74) is 7.25. The molecule has 0 amide bonds. The molecule has 3 rings (SSSR count). The lowest BCUT2D eigenvalue weighted by Crippen LogP contribution is -2.28. The van der Waals surface area contributed by atoms with Gasteiger partial charge in [-0.2, -0.15) is 4.98 Å². The summed E-state index contributed by atoms with van der Waals surface area (Å²) >= 11 is 0. The summed E-state index contributed by atoms with van der Waals surface area (Å²) < 4.78 is 5.29. The molecule has 0 radical (unpaired) electrons. The van der Waals surface area contributed by atoms with Crippen LogP contribution in [0.25, 0.3) is 11.4 Å². The van der Waals surface area contributed by atoms with E-state index < -0.39 is 0 Å². The molecule has 1 aliphatic heterocycles. The summed E-state index contributed by atoms with van der Waals surface area (Å²) in [7, 11) is 0. The predicted molar refractivity (Wildman–Crippen MR) is 62.8 cm³/mol. The molecule has 2 aromatic rings. The number of hydrazine groups is 1. The Bertz CT molecular complexity index is 496. The number of rotatable bonds is 2. The van der Waals surface area contributed by atoms with Crippen molar-refractivity contribution in [3.05, 3.63) is 36.2 Å². The summed E-state index contributed by atoms with van der Waals surface area (Å²) in [5.74, 6) is 1.28. The van der Waals surface area contributed by atoms with Crippen LogP contribution in [0, 0.1) is 0 Å². The van der Waals surface area contributed by atoms with Gasteiger partial charge in [-0.25, -0.2) is 5.43 Å². The first-order valence-electron chi connectivity index (χ1n) is 5.73. The van der Waals surface area contributed by atoms with Gasteiger partial charge in [-0.05, 0) is 13.3 Å². The molecule has 1 aliphatic rings. The smallest absolute Gasteiger partial charge is 0.245 e. The second-order valence-electron chi connectivity index (χ2n) is 4.30. The van der Waals surface area contributed by atoms with Crippen molar-refractivity contribution < 1.29 is 4.52 Å². The largest absolute Gasteiger partial charge is 0.337 e. The van der Waals surface area contributed by atoms with Gasteiger partial charge >= 0.3 is 0 Å². The molecule has 0 spiro atoms. The van der Waals surface area contributed by atoms with E-state index in [1.54, 1.807) is 0 Å². The fourth-order valence-corrected chi connectivity index (χ4v) is 1.96. The van der Waals surface area contributed by atoms with Crippen molar-refractivity contribution in [3.8, 4) is 11.4 Å². The number of aromatic nitrogens is 2. The van der Waals surface area contributed by atoms with Crippen LogP contribution in [0.5, 0.6) is 0 Å². The molecule has 0 bridgehead atoms. The standard InChI is InChI=1S/C12H14N4O/c1-8-7-10(15-14-8)12-13-11(16-17-12)9-5-3-2-4-6-9/h2-6,8,10,14-15H,7H2,1H3. The van der Waals surface area contributed by atoms with E-state index in [2.05, 4.69) is 27.9 Å². The Morgan fingerprint density at radius 3 is 2.76 bits per heavy atom. The fraction of sp³-hybridized carbons (Fsp3) is 0.333. The monoisotopic (exact) mass is 230 g/mol. The van der Waals surface area contributed by atoms with E-state index in [0.717, 1.165) is 12.0 Å². The van der Waals surface area contributed by atoms with Crippen molar-refractivity contribution >= 4 is 0 Å². The maximum Gasteiger partial charge on any atom is 0.245 e. The van der Waals surface area contributed by atoms with Gasteiger partial charge in [-0.1, -0.05) is 35.5 Å². The molecule has 1 aromatic heterocycles. The molecule has 5 heteroatoms. The van der Waals surface area contributed by atoms with Crippen LogP contribution < -0.4 is 10.9 Å². The van der Waals surface area contributed by atoms with Crippen molar-refractivity contribution in [2.24, 2.45) is 0 Å². The molecule has 5 nitrogen and oxygen atoms in total. The average molecular weight is 230 g/mol.